The van der Waals surface area contributed by atoms with Gasteiger partial charge in [0.2, 0.25) is 0 Å². The molecule has 1 N–H and O–H groups in total. The van der Waals surface area contributed by atoms with Crippen LogP contribution in [0.4, 0.5) is 10.5 Å². The summed E-state index contributed by atoms with van der Waals surface area (Å²) in [6.07, 6.45) is 1.37. The van der Waals surface area contributed by atoms with E-state index in [2.05, 4.69) is 5.32 Å². The summed E-state index contributed by atoms with van der Waals surface area (Å²) in [6.45, 7) is 2.03. The SMILES string of the molecule is COc1cc(/C=C2\C(=O)NC(=O)N(c3ccc(C)cc3)C2=O)ccc1OCc1ccc(C(=O)[O-])cc1. The predicted octanol–water partition coefficient (Wildman–Crippen LogP) is 2.61. The van der Waals surface area contributed by atoms with Crippen molar-refractivity contribution in [1.29, 1.82) is 0 Å². The van der Waals surface area contributed by atoms with E-state index in [1.165, 1.54) is 25.3 Å². The van der Waals surface area contributed by atoms with E-state index in [4.69, 9.17) is 9.47 Å². The van der Waals surface area contributed by atoms with E-state index in [0.717, 1.165) is 16.0 Å². The number of barbiturate groups is 1. The summed E-state index contributed by atoms with van der Waals surface area (Å²) in [7, 11) is 1.45. The molecule has 1 saturated heterocycles. The number of ether oxygens (including phenoxy) is 2. The molecule has 4 rings (SSSR count). The molecule has 0 atom stereocenters. The van der Waals surface area contributed by atoms with Gasteiger partial charge in [0.1, 0.15) is 12.2 Å². The number of nitrogens with one attached hydrogen (secondary N) is 1. The van der Waals surface area contributed by atoms with Crippen molar-refractivity contribution in [2.45, 2.75) is 13.5 Å². The molecule has 0 bridgehead atoms. The summed E-state index contributed by atoms with van der Waals surface area (Å²) in [4.78, 5) is 49.7. The lowest BCUT2D eigenvalue weighted by atomic mass is 10.1. The maximum atomic E-state index is 13.1. The van der Waals surface area contributed by atoms with Crippen LogP contribution in [0.5, 0.6) is 11.5 Å². The number of methoxy groups -OCH3 is 1. The molecule has 1 aliphatic rings. The van der Waals surface area contributed by atoms with E-state index in [1.807, 2.05) is 6.92 Å². The fourth-order valence-electron chi connectivity index (χ4n) is 3.54. The molecule has 0 aliphatic carbocycles. The molecule has 182 valence electrons. The molecule has 0 unspecified atom stereocenters. The number of amides is 4. The number of imide groups is 2. The van der Waals surface area contributed by atoms with Gasteiger partial charge in [0.15, 0.2) is 11.5 Å². The minimum absolute atomic E-state index is 0.0673. The normalized spacial score (nSPS) is 14.6. The Morgan fingerprint density at radius 3 is 2.31 bits per heavy atom. The smallest absolute Gasteiger partial charge is 0.335 e. The molecule has 1 heterocycles. The molecule has 36 heavy (non-hydrogen) atoms. The number of aromatic carboxylic acids is 1. The number of carbonyl (C=O) groups excluding carboxylic acids is 4. The van der Waals surface area contributed by atoms with Crippen molar-refractivity contribution in [2.24, 2.45) is 0 Å². The molecule has 0 saturated carbocycles. The van der Waals surface area contributed by atoms with Crippen molar-refractivity contribution >= 4 is 35.6 Å². The van der Waals surface area contributed by atoms with Gasteiger partial charge in [0.05, 0.1) is 18.8 Å². The van der Waals surface area contributed by atoms with Gasteiger partial charge in [-0.05, 0) is 54.0 Å². The quantitative estimate of drug-likeness (QED) is 0.403. The van der Waals surface area contributed by atoms with Crippen LogP contribution in [0.1, 0.15) is 27.0 Å². The van der Waals surface area contributed by atoms with Crippen molar-refractivity contribution in [2.75, 3.05) is 12.0 Å². The van der Waals surface area contributed by atoms with E-state index in [1.54, 1.807) is 54.6 Å². The second-order valence-corrected chi connectivity index (χ2v) is 7.98. The van der Waals surface area contributed by atoms with Crippen molar-refractivity contribution in [3.63, 3.8) is 0 Å². The fraction of sp³-hybridized carbons (Fsp3) is 0.111. The number of hydrogen-bond acceptors (Lipinski definition) is 7. The van der Waals surface area contributed by atoms with Crippen molar-refractivity contribution in [3.05, 3.63) is 94.6 Å². The Balaban J connectivity index is 1.55. The second kappa shape index (κ2) is 10.1. The highest BCUT2D eigenvalue weighted by Crippen LogP contribution is 2.30. The van der Waals surface area contributed by atoms with E-state index in [9.17, 15) is 24.3 Å². The van der Waals surface area contributed by atoms with Crippen LogP contribution in [-0.4, -0.2) is 30.9 Å². The number of nitrogens with zero attached hydrogens (tertiary/aromatic N) is 1. The van der Waals surface area contributed by atoms with E-state index < -0.39 is 23.8 Å². The first-order chi connectivity index (χ1) is 17.3. The number of anilines is 1. The van der Waals surface area contributed by atoms with E-state index >= 15 is 0 Å². The van der Waals surface area contributed by atoms with Crippen LogP contribution in [0.3, 0.4) is 0 Å². The average Bonchev–Trinajstić information content (AvgIpc) is 2.86. The first-order valence-corrected chi connectivity index (χ1v) is 10.9. The zero-order valence-electron chi connectivity index (χ0n) is 19.4. The lowest BCUT2D eigenvalue weighted by molar-refractivity contribution is -0.255. The molecule has 9 heteroatoms. The maximum absolute atomic E-state index is 13.1. The third-order valence-corrected chi connectivity index (χ3v) is 5.48. The van der Waals surface area contributed by atoms with Gasteiger partial charge in [-0.15, -0.1) is 0 Å². The Bertz CT molecular complexity index is 1380. The number of aryl methyl sites for hydroxylation is 1. The van der Waals surface area contributed by atoms with E-state index in [0.29, 0.717) is 22.7 Å². The Morgan fingerprint density at radius 2 is 1.67 bits per heavy atom. The topological polar surface area (TPSA) is 125 Å². The van der Waals surface area contributed by atoms with Gasteiger partial charge in [0.25, 0.3) is 11.8 Å². The molecule has 1 fully saturated rings. The fourth-order valence-corrected chi connectivity index (χ4v) is 3.54. The summed E-state index contributed by atoms with van der Waals surface area (Å²) in [6, 6.07) is 16.9. The molecule has 0 radical (unpaired) electrons. The molecule has 9 nitrogen and oxygen atoms in total. The first-order valence-electron chi connectivity index (χ1n) is 10.9. The van der Waals surface area contributed by atoms with Crippen molar-refractivity contribution in [1.82, 2.24) is 5.32 Å². The molecular weight excluding hydrogens is 464 g/mol. The lowest BCUT2D eigenvalue weighted by Crippen LogP contribution is -2.54. The number of carboxylic acid groups (broad SMARTS) is 1. The lowest BCUT2D eigenvalue weighted by Gasteiger charge is -2.26. The molecular formula is C27H21N2O7-. The highest BCUT2D eigenvalue weighted by atomic mass is 16.5. The Morgan fingerprint density at radius 1 is 0.972 bits per heavy atom. The number of carbonyl (C=O) groups is 4. The number of carboxylic acids is 1. The second-order valence-electron chi connectivity index (χ2n) is 7.98. The third kappa shape index (κ3) is 5.10. The number of urea groups is 1. The van der Waals surface area contributed by atoms with Crippen LogP contribution in [-0.2, 0) is 16.2 Å². The zero-order chi connectivity index (χ0) is 25.8. The van der Waals surface area contributed by atoms with Gasteiger partial charge in [-0.1, -0.05) is 48.0 Å². The molecule has 3 aromatic rings. The maximum Gasteiger partial charge on any atom is 0.335 e. The summed E-state index contributed by atoms with van der Waals surface area (Å²) >= 11 is 0. The van der Waals surface area contributed by atoms with Gasteiger partial charge in [-0.3, -0.25) is 14.9 Å². The van der Waals surface area contributed by atoms with Crippen LogP contribution in [0, 0.1) is 6.92 Å². The van der Waals surface area contributed by atoms with Gasteiger partial charge in [0, 0.05) is 0 Å². The Kier molecular flexibility index (Phi) is 6.82. The summed E-state index contributed by atoms with van der Waals surface area (Å²) < 4.78 is 11.2. The number of benzene rings is 3. The van der Waals surface area contributed by atoms with Crippen LogP contribution >= 0.6 is 0 Å². The first kappa shape index (κ1) is 24.2. The minimum Gasteiger partial charge on any atom is -0.545 e. The average molecular weight is 485 g/mol. The van der Waals surface area contributed by atoms with Crippen LogP contribution < -0.4 is 24.8 Å². The van der Waals surface area contributed by atoms with Gasteiger partial charge in [-0.2, -0.15) is 0 Å². The molecule has 0 spiro atoms. The van der Waals surface area contributed by atoms with Gasteiger partial charge >= 0.3 is 6.03 Å². The van der Waals surface area contributed by atoms with E-state index in [-0.39, 0.29) is 17.7 Å². The summed E-state index contributed by atoms with van der Waals surface area (Å²) in [5, 5.41) is 13.1. The molecule has 4 amide bonds. The number of hydrogen-bond donors (Lipinski definition) is 1. The third-order valence-electron chi connectivity index (χ3n) is 5.48. The number of rotatable bonds is 7. The highest BCUT2D eigenvalue weighted by Gasteiger charge is 2.36. The zero-order valence-corrected chi connectivity index (χ0v) is 19.4. The highest BCUT2D eigenvalue weighted by molar-refractivity contribution is 6.39. The minimum atomic E-state index is -1.26. The van der Waals surface area contributed by atoms with Crippen LogP contribution in [0.2, 0.25) is 0 Å². The predicted molar refractivity (Wildman–Crippen MR) is 128 cm³/mol. The Hall–Kier alpha value is -4.92. The molecule has 3 aromatic carbocycles. The summed E-state index contributed by atoms with van der Waals surface area (Å²) in [5.74, 6) is -2.05. The molecule has 1 aliphatic heterocycles. The van der Waals surface area contributed by atoms with Crippen LogP contribution in [0.25, 0.3) is 6.08 Å². The van der Waals surface area contributed by atoms with Crippen LogP contribution in [0.15, 0.2) is 72.3 Å². The van der Waals surface area contributed by atoms with Gasteiger partial charge < -0.3 is 19.4 Å². The Labute approximate surface area is 206 Å². The largest absolute Gasteiger partial charge is 0.545 e. The standard InChI is InChI=1S/C27H22N2O7/c1-16-3-10-20(11-4-16)29-25(31)21(24(30)28-27(29)34)13-18-7-12-22(23(14-18)35-2)36-15-17-5-8-19(9-6-17)26(32)33/h3-14H,15H2,1-2H3,(H,32,33)(H,28,30,34)/p-1/b21-13+. The van der Waals surface area contributed by atoms with Gasteiger partial charge in [-0.25, -0.2) is 9.69 Å². The summed E-state index contributed by atoms with van der Waals surface area (Å²) in [5.41, 5.74) is 2.37. The van der Waals surface area contributed by atoms with Crippen molar-refractivity contribution in [3.8, 4) is 11.5 Å². The molecule has 0 aromatic heterocycles. The van der Waals surface area contributed by atoms with Crippen molar-refractivity contribution < 1.29 is 33.8 Å². The monoisotopic (exact) mass is 485 g/mol.